The van der Waals surface area contributed by atoms with Crippen molar-refractivity contribution in [1.29, 1.82) is 0 Å². The number of benzene rings is 7. The predicted molar refractivity (Wildman–Crippen MR) is 267 cm³/mol. The predicted octanol–water partition coefficient (Wildman–Crippen LogP) is 14.4. The summed E-state index contributed by atoms with van der Waals surface area (Å²) in [6.45, 7) is 23.0. The van der Waals surface area contributed by atoms with Crippen LogP contribution < -0.4 is 26.2 Å². The molecule has 0 N–H and O–H groups in total. The summed E-state index contributed by atoms with van der Waals surface area (Å²) >= 11 is 0. The number of hydrogen-bond donors (Lipinski definition) is 0. The van der Waals surface area contributed by atoms with Crippen molar-refractivity contribution in [3.63, 3.8) is 0 Å². The minimum absolute atomic E-state index is 0.0260. The maximum absolute atomic E-state index is 5.78. The van der Waals surface area contributed by atoms with Crippen LogP contribution in [0.2, 0.25) is 0 Å². The van der Waals surface area contributed by atoms with Gasteiger partial charge >= 0.3 is 0 Å². The molecule has 9 aromatic rings. The van der Waals surface area contributed by atoms with Gasteiger partial charge in [-0.15, -0.1) is 0 Å². The molecule has 0 saturated heterocycles. The van der Waals surface area contributed by atoms with E-state index in [1.807, 2.05) is 0 Å². The normalized spacial score (nSPS) is 13.5. The molecule has 0 spiro atoms. The van der Waals surface area contributed by atoms with Gasteiger partial charge in [0.15, 0.2) is 0 Å². The maximum atomic E-state index is 5.78. The number of furan rings is 2. The first kappa shape index (κ1) is 39.2. The van der Waals surface area contributed by atoms with Crippen molar-refractivity contribution in [3.8, 4) is 22.3 Å². The van der Waals surface area contributed by atoms with Crippen LogP contribution in [0.4, 0.5) is 34.1 Å². The number of aryl methyl sites for hydroxylation is 4. The standard InChI is InChI=1S/C58H53BN2O2/c1-34-26-44(57(5,6)7)27-35(2)55(34)60-48-18-14-40(38-16-20-52-42(30-38)22-24-62-52)32-46(48)59-47-33-41(39-17-21-53-43(31-39)23-25-63-53)15-19-49(47)61(51-13-11-12-50(60)54(51)59)56-36(3)28-45(29-37(56)4)58(8,9)10/h11-33H,1-10H3. The van der Waals surface area contributed by atoms with E-state index in [1.165, 1.54) is 106 Å². The van der Waals surface area contributed by atoms with E-state index in [2.05, 4.69) is 206 Å². The van der Waals surface area contributed by atoms with E-state index in [0.29, 0.717) is 0 Å². The molecule has 0 saturated carbocycles. The fourth-order valence-electron chi connectivity index (χ4n) is 10.6. The highest BCUT2D eigenvalue weighted by Gasteiger charge is 2.44. The molecular weight excluding hydrogens is 767 g/mol. The van der Waals surface area contributed by atoms with Crippen LogP contribution in [-0.4, -0.2) is 6.71 Å². The van der Waals surface area contributed by atoms with Crippen molar-refractivity contribution in [1.82, 2.24) is 0 Å². The van der Waals surface area contributed by atoms with Crippen LogP contribution in [0.25, 0.3) is 44.2 Å². The molecule has 7 aromatic carbocycles. The Morgan fingerprint density at radius 1 is 0.413 bits per heavy atom. The molecule has 0 bridgehead atoms. The summed E-state index contributed by atoms with van der Waals surface area (Å²) in [5, 5.41) is 2.21. The molecule has 0 radical (unpaired) electrons. The molecule has 0 atom stereocenters. The first-order valence-electron chi connectivity index (χ1n) is 22.3. The second-order valence-electron chi connectivity index (χ2n) is 20.1. The topological polar surface area (TPSA) is 32.8 Å². The van der Waals surface area contributed by atoms with Crippen LogP contribution in [0, 0.1) is 27.7 Å². The van der Waals surface area contributed by atoms with Crippen LogP contribution in [-0.2, 0) is 10.8 Å². The maximum Gasteiger partial charge on any atom is 0.252 e. The van der Waals surface area contributed by atoms with Gasteiger partial charge in [-0.2, -0.15) is 0 Å². The molecule has 5 heteroatoms. The minimum atomic E-state index is -0.0483. The fourth-order valence-corrected chi connectivity index (χ4v) is 10.6. The third-order valence-electron chi connectivity index (χ3n) is 13.7. The van der Waals surface area contributed by atoms with Gasteiger partial charge in [0.2, 0.25) is 0 Å². The quantitative estimate of drug-likeness (QED) is 0.166. The second-order valence-corrected chi connectivity index (χ2v) is 20.1. The van der Waals surface area contributed by atoms with Crippen molar-refractivity contribution in [2.24, 2.45) is 0 Å². The Bertz CT molecular complexity index is 3070. The van der Waals surface area contributed by atoms with Gasteiger partial charge in [-0.3, -0.25) is 0 Å². The molecule has 4 heterocycles. The summed E-state index contributed by atoms with van der Waals surface area (Å²) in [6.07, 6.45) is 3.56. The summed E-state index contributed by atoms with van der Waals surface area (Å²) in [5.41, 5.74) is 25.6. The molecule has 0 amide bonds. The summed E-state index contributed by atoms with van der Waals surface area (Å²) in [5.74, 6) is 0. The van der Waals surface area contributed by atoms with Crippen LogP contribution in [0.3, 0.4) is 0 Å². The number of fused-ring (bicyclic) bond motifs is 6. The fraction of sp³-hybridized carbons (Fsp3) is 0.207. The zero-order valence-electron chi connectivity index (χ0n) is 38.1. The molecule has 0 aliphatic carbocycles. The Labute approximate surface area is 371 Å². The Balaban J connectivity index is 1.22. The van der Waals surface area contributed by atoms with E-state index in [-0.39, 0.29) is 17.5 Å². The minimum Gasteiger partial charge on any atom is -0.464 e. The number of hydrogen-bond acceptors (Lipinski definition) is 4. The first-order valence-corrected chi connectivity index (χ1v) is 22.3. The van der Waals surface area contributed by atoms with Gasteiger partial charge in [-0.05, 0) is 171 Å². The lowest BCUT2D eigenvalue weighted by molar-refractivity contribution is 0.589. The summed E-state index contributed by atoms with van der Waals surface area (Å²) in [6, 6.07) is 48.1. The van der Waals surface area contributed by atoms with Gasteiger partial charge in [0.25, 0.3) is 6.71 Å². The van der Waals surface area contributed by atoms with E-state index in [1.54, 1.807) is 12.5 Å². The lowest BCUT2D eigenvalue weighted by atomic mass is 9.33. The largest absolute Gasteiger partial charge is 0.464 e. The molecule has 4 nitrogen and oxygen atoms in total. The molecule has 2 aromatic heterocycles. The smallest absolute Gasteiger partial charge is 0.252 e. The average Bonchev–Trinajstić information content (AvgIpc) is 3.93. The summed E-state index contributed by atoms with van der Waals surface area (Å²) < 4.78 is 11.6. The highest BCUT2D eigenvalue weighted by atomic mass is 16.3. The molecule has 310 valence electrons. The lowest BCUT2D eigenvalue weighted by Gasteiger charge is -2.45. The molecule has 0 unspecified atom stereocenters. The summed E-state index contributed by atoms with van der Waals surface area (Å²) in [4.78, 5) is 5.15. The second kappa shape index (κ2) is 13.9. The van der Waals surface area contributed by atoms with Gasteiger partial charge in [-0.25, -0.2) is 0 Å². The molecule has 2 aliphatic rings. The first-order chi connectivity index (χ1) is 30.1. The Morgan fingerprint density at radius 3 is 1.19 bits per heavy atom. The number of anilines is 6. The monoisotopic (exact) mass is 820 g/mol. The lowest BCUT2D eigenvalue weighted by Crippen LogP contribution is -2.61. The van der Waals surface area contributed by atoms with E-state index in [4.69, 9.17) is 8.83 Å². The Hall–Kier alpha value is -6.72. The van der Waals surface area contributed by atoms with Gasteiger partial charge in [0, 0.05) is 33.5 Å². The average molecular weight is 821 g/mol. The molecule has 0 fully saturated rings. The zero-order chi connectivity index (χ0) is 43.7. The van der Waals surface area contributed by atoms with Crippen molar-refractivity contribution < 1.29 is 8.83 Å². The third kappa shape index (κ3) is 6.19. The SMILES string of the molecule is Cc1cc(C(C)(C)C)cc(C)c1N1c2ccc(-c3ccc4occc4c3)cc2B2c3cc(-c4ccc5occc5c4)ccc3N(c3c(C)cc(C(C)(C)C)cc3C)c3cccc1c32. The molecule has 11 rings (SSSR count). The highest BCUT2D eigenvalue weighted by Crippen LogP contribution is 2.48. The van der Waals surface area contributed by atoms with Crippen LogP contribution in [0.15, 0.2) is 149 Å². The summed E-state index contributed by atoms with van der Waals surface area (Å²) in [7, 11) is 0. The van der Waals surface area contributed by atoms with Crippen molar-refractivity contribution in [2.75, 3.05) is 9.80 Å². The van der Waals surface area contributed by atoms with Gasteiger partial charge in [-0.1, -0.05) is 108 Å². The van der Waals surface area contributed by atoms with E-state index >= 15 is 0 Å². The van der Waals surface area contributed by atoms with Gasteiger partial charge in [0.05, 0.1) is 23.9 Å². The molecular formula is C58H53BN2O2. The van der Waals surface area contributed by atoms with Gasteiger partial charge < -0.3 is 18.6 Å². The van der Waals surface area contributed by atoms with Crippen molar-refractivity contribution in [3.05, 3.63) is 173 Å². The number of rotatable bonds is 4. The van der Waals surface area contributed by atoms with Crippen LogP contribution >= 0.6 is 0 Å². The number of nitrogens with zero attached hydrogens (tertiary/aromatic N) is 2. The van der Waals surface area contributed by atoms with Gasteiger partial charge in [0.1, 0.15) is 11.2 Å². The van der Waals surface area contributed by atoms with Crippen LogP contribution in [0.5, 0.6) is 0 Å². The molecule has 2 aliphatic heterocycles. The highest BCUT2D eigenvalue weighted by molar-refractivity contribution is 7.00. The Kier molecular flexibility index (Phi) is 8.64. The van der Waals surface area contributed by atoms with E-state index in [0.717, 1.165) is 21.9 Å². The zero-order valence-corrected chi connectivity index (χ0v) is 38.1. The van der Waals surface area contributed by atoms with Crippen molar-refractivity contribution in [2.45, 2.75) is 80.1 Å². The third-order valence-corrected chi connectivity index (χ3v) is 13.7. The van der Waals surface area contributed by atoms with Crippen LogP contribution in [0.1, 0.15) is 74.9 Å². The van der Waals surface area contributed by atoms with E-state index in [9.17, 15) is 0 Å². The Morgan fingerprint density at radius 2 is 0.794 bits per heavy atom. The van der Waals surface area contributed by atoms with E-state index < -0.39 is 0 Å². The van der Waals surface area contributed by atoms with Crippen molar-refractivity contribution >= 4 is 79.2 Å². The molecule has 63 heavy (non-hydrogen) atoms.